The van der Waals surface area contributed by atoms with Gasteiger partial charge < -0.3 is 29.2 Å². The molecule has 0 aliphatic rings. The van der Waals surface area contributed by atoms with Crippen molar-refractivity contribution in [1.29, 1.82) is 0 Å². The minimum atomic E-state index is -0.928. The fraction of sp³-hybridized carbons (Fsp3) is 0.143. The molecule has 0 saturated heterocycles. The Morgan fingerprint density at radius 2 is 1.72 bits per heavy atom. The highest BCUT2D eigenvalue weighted by Gasteiger charge is 2.31. The monoisotopic (exact) mass is 486 g/mol. The van der Waals surface area contributed by atoms with E-state index in [0.717, 1.165) is 0 Å². The average Bonchev–Trinajstić information content (AvgIpc) is 2.90. The number of carbonyl (C=O) groups excluding carboxylic acids is 1. The minimum absolute atomic E-state index is 0.0575. The summed E-state index contributed by atoms with van der Waals surface area (Å²) in [6.45, 7) is 0.0651. The van der Waals surface area contributed by atoms with Crippen molar-refractivity contribution in [2.24, 2.45) is 0 Å². The van der Waals surface area contributed by atoms with Crippen LogP contribution in [0.1, 0.15) is 23.5 Å². The molecular formula is C28H22O8. The van der Waals surface area contributed by atoms with Gasteiger partial charge in [-0.05, 0) is 17.7 Å². The molecule has 182 valence electrons. The van der Waals surface area contributed by atoms with Crippen LogP contribution in [0.5, 0.6) is 23.0 Å². The highest BCUT2D eigenvalue weighted by Crippen LogP contribution is 2.49. The number of esters is 1. The maximum Gasteiger partial charge on any atom is 0.306 e. The molecule has 0 amide bonds. The minimum Gasteiger partial charge on any atom is -0.504 e. The number of terminal acetylenes is 1. The van der Waals surface area contributed by atoms with Crippen LogP contribution in [0.2, 0.25) is 0 Å². The van der Waals surface area contributed by atoms with Crippen molar-refractivity contribution in [2.75, 3.05) is 13.7 Å². The van der Waals surface area contributed by atoms with Crippen molar-refractivity contribution in [2.45, 2.75) is 12.3 Å². The lowest BCUT2D eigenvalue weighted by Crippen LogP contribution is -2.12. The lowest BCUT2D eigenvalue weighted by molar-refractivity contribution is -0.140. The first kappa shape index (κ1) is 24.2. The molecule has 0 aliphatic heterocycles. The van der Waals surface area contributed by atoms with Crippen LogP contribution in [0.15, 0.2) is 69.9 Å². The van der Waals surface area contributed by atoms with E-state index in [0.29, 0.717) is 16.9 Å². The first-order chi connectivity index (χ1) is 17.3. The third kappa shape index (κ3) is 4.55. The summed E-state index contributed by atoms with van der Waals surface area (Å²) in [7, 11) is 1.22. The van der Waals surface area contributed by atoms with Gasteiger partial charge in [0.1, 0.15) is 29.1 Å². The highest BCUT2D eigenvalue weighted by molar-refractivity contribution is 5.93. The second-order valence-corrected chi connectivity index (χ2v) is 7.90. The Morgan fingerprint density at radius 1 is 1.03 bits per heavy atom. The maximum atomic E-state index is 13.1. The first-order valence-corrected chi connectivity index (χ1v) is 10.9. The number of aromatic hydroxyl groups is 3. The van der Waals surface area contributed by atoms with Gasteiger partial charge in [0.2, 0.25) is 5.75 Å². The molecule has 0 bridgehead atoms. The molecule has 1 heterocycles. The van der Waals surface area contributed by atoms with Crippen molar-refractivity contribution in [1.82, 2.24) is 0 Å². The van der Waals surface area contributed by atoms with Gasteiger partial charge in [-0.25, -0.2) is 0 Å². The van der Waals surface area contributed by atoms with E-state index in [2.05, 4.69) is 5.92 Å². The van der Waals surface area contributed by atoms with Gasteiger partial charge in [0.25, 0.3) is 0 Å². The van der Waals surface area contributed by atoms with E-state index in [-0.39, 0.29) is 35.3 Å². The van der Waals surface area contributed by atoms with E-state index in [1.165, 1.54) is 13.2 Å². The molecule has 0 aliphatic carbocycles. The van der Waals surface area contributed by atoms with Crippen molar-refractivity contribution in [3.63, 3.8) is 0 Å². The second-order valence-electron chi connectivity index (χ2n) is 7.90. The predicted molar refractivity (Wildman–Crippen MR) is 132 cm³/mol. The SMILES string of the molecule is C#CCOc1ccc([C@@H](CC(=O)OC)c2c(O)c(O)c(O)c3c(=O)cc(-c4ccccc4)oc23)cc1. The zero-order valence-electron chi connectivity index (χ0n) is 19.2. The highest BCUT2D eigenvalue weighted by atomic mass is 16.5. The van der Waals surface area contributed by atoms with Crippen LogP contribution in [0.4, 0.5) is 0 Å². The maximum absolute atomic E-state index is 13.1. The molecule has 1 aromatic heterocycles. The molecule has 3 N–H and O–H groups in total. The van der Waals surface area contributed by atoms with Gasteiger partial charge in [0.15, 0.2) is 16.9 Å². The Bertz CT molecular complexity index is 1510. The second kappa shape index (κ2) is 10.2. The molecule has 1 atom stereocenters. The van der Waals surface area contributed by atoms with Gasteiger partial charge >= 0.3 is 5.97 Å². The summed E-state index contributed by atoms with van der Waals surface area (Å²) in [5.41, 5.74) is 0.226. The fourth-order valence-corrected chi connectivity index (χ4v) is 4.00. The van der Waals surface area contributed by atoms with Crippen LogP contribution < -0.4 is 10.2 Å². The standard InChI is InChI=1S/C28H22O8/c1-3-13-35-18-11-9-16(10-12-18)19(14-22(30)34-2)23-25(31)27(33)26(32)24-20(29)15-21(36-28(23)24)17-7-5-4-6-8-17/h1,4-12,15,19,31-33H,13-14H2,2H3/t19-/m1/s1. The largest absolute Gasteiger partial charge is 0.504 e. The van der Waals surface area contributed by atoms with Crippen LogP contribution in [0.3, 0.4) is 0 Å². The number of ether oxygens (including phenoxy) is 2. The summed E-state index contributed by atoms with van der Waals surface area (Å²) >= 11 is 0. The molecule has 4 rings (SSSR count). The van der Waals surface area contributed by atoms with Crippen LogP contribution in [0, 0.1) is 12.3 Å². The van der Waals surface area contributed by atoms with Crippen LogP contribution in [-0.4, -0.2) is 35.0 Å². The van der Waals surface area contributed by atoms with E-state index in [1.54, 1.807) is 54.6 Å². The van der Waals surface area contributed by atoms with Crippen LogP contribution >= 0.6 is 0 Å². The topological polar surface area (TPSA) is 126 Å². The first-order valence-electron chi connectivity index (χ1n) is 10.9. The fourth-order valence-electron chi connectivity index (χ4n) is 4.00. The van der Waals surface area contributed by atoms with Gasteiger partial charge in [0.05, 0.1) is 13.5 Å². The Balaban J connectivity index is 2.00. The Kier molecular flexibility index (Phi) is 6.84. The zero-order chi connectivity index (χ0) is 25.8. The molecule has 4 aromatic rings. The van der Waals surface area contributed by atoms with E-state index in [4.69, 9.17) is 20.3 Å². The number of fused-ring (bicyclic) bond motifs is 1. The van der Waals surface area contributed by atoms with Crippen LogP contribution in [0.25, 0.3) is 22.3 Å². The summed E-state index contributed by atoms with van der Waals surface area (Å²) in [5.74, 6) is -0.976. The smallest absolute Gasteiger partial charge is 0.306 e. The number of carbonyl (C=O) groups is 1. The van der Waals surface area contributed by atoms with Gasteiger partial charge in [-0.1, -0.05) is 48.4 Å². The van der Waals surface area contributed by atoms with Crippen molar-refractivity contribution >= 4 is 16.9 Å². The Morgan fingerprint density at radius 3 is 2.36 bits per heavy atom. The van der Waals surface area contributed by atoms with E-state index in [9.17, 15) is 24.9 Å². The summed E-state index contributed by atoms with van der Waals surface area (Å²) in [5, 5.41) is 31.6. The number of phenols is 3. The number of benzene rings is 3. The summed E-state index contributed by atoms with van der Waals surface area (Å²) in [6, 6.07) is 16.5. The third-order valence-corrected chi connectivity index (χ3v) is 5.74. The molecule has 8 heteroatoms. The molecule has 3 aromatic carbocycles. The lowest BCUT2D eigenvalue weighted by atomic mass is 9.86. The normalized spacial score (nSPS) is 11.6. The Labute approximate surface area is 206 Å². The molecule has 0 fully saturated rings. The molecule has 0 unspecified atom stereocenters. The number of rotatable bonds is 7. The van der Waals surface area contributed by atoms with E-state index in [1.807, 2.05) is 0 Å². The predicted octanol–water partition coefficient (Wildman–Crippen LogP) is 4.28. The van der Waals surface area contributed by atoms with Crippen molar-refractivity contribution in [3.05, 3.63) is 82.0 Å². The zero-order valence-corrected chi connectivity index (χ0v) is 19.2. The number of phenolic OH excluding ortho intramolecular Hbond substituents is 3. The van der Waals surface area contributed by atoms with E-state index < -0.39 is 34.6 Å². The van der Waals surface area contributed by atoms with E-state index >= 15 is 0 Å². The summed E-state index contributed by atoms with van der Waals surface area (Å²) in [6.07, 6.45) is 4.96. The van der Waals surface area contributed by atoms with Gasteiger partial charge in [-0.2, -0.15) is 0 Å². The average molecular weight is 486 g/mol. The molecule has 8 nitrogen and oxygen atoms in total. The summed E-state index contributed by atoms with van der Waals surface area (Å²) < 4.78 is 16.3. The summed E-state index contributed by atoms with van der Waals surface area (Å²) in [4.78, 5) is 25.4. The molecule has 0 saturated carbocycles. The van der Waals surface area contributed by atoms with Crippen molar-refractivity contribution < 1.29 is 34.0 Å². The van der Waals surface area contributed by atoms with Gasteiger partial charge in [0, 0.05) is 23.1 Å². The van der Waals surface area contributed by atoms with Gasteiger partial charge in [-0.3, -0.25) is 9.59 Å². The van der Waals surface area contributed by atoms with Crippen molar-refractivity contribution in [3.8, 4) is 46.7 Å². The number of methoxy groups -OCH3 is 1. The van der Waals surface area contributed by atoms with Crippen LogP contribution in [-0.2, 0) is 9.53 Å². The number of hydrogen-bond acceptors (Lipinski definition) is 8. The number of hydrogen-bond donors (Lipinski definition) is 3. The molecular weight excluding hydrogens is 464 g/mol. The quantitative estimate of drug-likeness (QED) is 0.201. The molecule has 0 radical (unpaired) electrons. The lowest BCUT2D eigenvalue weighted by Gasteiger charge is -2.21. The molecule has 0 spiro atoms. The Hall–Kier alpha value is -4.90. The third-order valence-electron chi connectivity index (χ3n) is 5.74. The van der Waals surface area contributed by atoms with Gasteiger partial charge in [-0.15, -0.1) is 6.42 Å². The molecule has 36 heavy (non-hydrogen) atoms.